The monoisotopic (exact) mass is 649 g/mol. The lowest BCUT2D eigenvalue weighted by molar-refractivity contribution is 0.738. The summed E-state index contributed by atoms with van der Waals surface area (Å²) in [4.78, 5) is 10.4. The summed E-state index contributed by atoms with van der Waals surface area (Å²) >= 11 is 0. The zero-order chi connectivity index (χ0) is 33.5. The number of nitrogens with zero attached hydrogens (tertiary/aromatic N) is 3. The third kappa shape index (κ3) is 3.89. The van der Waals surface area contributed by atoms with Gasteiger partial charge in [-0.2, -0.15) is 0 Å². The van der Waals surface area contributed by atoms with Crippen LogP contribution < -0.4 is 0 Å². The Bertz CT molecular complexity index is 2770. The van der Waals surface area contributed by atoms with Gasteiger partial charge in [0.1, 0.15) is 0 Å². The van der Waals surface area contributed by atoms with Crippen LogP contribution in [0.15, 0.2) is 176 Å². The van der Waals surface area contributed by atoms with Crippen LogP contribution in [0.5, 0.6) is 0 Å². The summed E-state index contributed by atoms with van der Waals surface area (Å²) in [5.74, 6) is 0.745. The Labute approximate surface area is 296 Å². The molecule has 3 heterocycles. The number of rotatable bonds is 4. The molecule has 0 radical (unpaired) electrons. The van der Waals surface area contributed by atoms with Crippen molar-refractivity contribution in [2.75, 3.05) is 0 Å². The maximum absolute atomic E-state index is 5.27. The van der Waals surface area contributed by atoms with Crippen LogP contribution in [-0.2, 0) is 11.8 Å². The molecule has 1 spiro atoms. The van der Waals surface area contributed by atoms with Crippen molar-refractivity contribution in [1.29, 1.82) is 0 Å². The predicted octanol–water partition coefficient (Wildman–Crippen LogP) is 11.2. The van der Waals surface area contributed by atoms with Crippen LogP contribution in [0, 0.1) is 0 Å². The molecular formula is C48H31N3. The molecule has 238 valence electrons. The lowest BCUT2D eigenvalue weighted by Gasteiger charge is -2.40. The second-order valence-corrected chi connectivity index (χ2v) is 13.7. The number of hydrogen-bond acceptors (Lipinski definition) is 2. The Kier molecular flexibility index (Phi) is 5.94. The van der Waals surface area contributed by atoms with Gasteiger partial charge < -0.3 is 4.57 Å². The van der Waals surface area contributed by atoms with Crippen LogP contribution in [-0.4, -0.2) is 14.5 Å². The van der Waals surface area contributed by atoms with Crippen molar-refractivity contribution >= 4 is 21.8 Å². The van der Waals surface area contributed by atoms with Crippen LogP contribution in [0.2, 0.25) is 0 Å². The Morgan fingerprint density at radius 1 is 0.490 bits per heavy atom. The van der Waals surface area contributed by atoms with E-state index in [0.717, 1.165) is 28.3 Å². The highest BCUT2D eigenvalue weighted by Gasteiger charge is 2.51. The maximum Gasteiger partial charge on any atom is 0.160 e. The topological polar surface area (TPSA) is 30.7 Å². The summed E-state index contributed by atoms with van der Waals surface area (Å²) in [6.45, 7) is 0. The zero-order valence-electron chi connectivity index (χ0n) is 27.8. The Balaban J connectivity index is 1.22. The SMILES string of the molecule is c1ccc(-c2cc(Cc3cccc4c3C3(c5ccccc5-4)c4ccccc4-n4c5ccccc5c5cccc3c54)nc(-c3ccccc3)n2)cc1. The van der Waals surface area contributed by atoms with Gasteiger partial charge in [-0.3, -0.25) is 0 Å². The molecule has 0 amide bonds. The highest BCUT2D eigenvalue weighted by Crippen LogP contribution is 2.61. The largest absolute Gasteiger partial charge is 0.309 e. The number of fused-ring (bicyclic) bond motifs is 12. The predicted molar refractivity (Wildman–Crippen MR) is 207 cm³/mol. The van der Waals surface area contributed by atoms with Crippen LogP contribution in [0.4, 0.5) is 0 Å². The summed E-state index contributed by atoms with van der Waals surface area (Å²) in [5, 5.41) is 2.57. The minimum Gasteiger partial charge on any atom is -0.309 e. The van der Waals surface area contributed by atoms with Crippen molar-refractivity contribution in [3.05, 3.63) is 209 Å². The number of para-hydroxylation sites is 3. The average Bonchev–Trinajstić information content (AvgIpc) is 3.70. The van der Waals surface area contributed by atoms with E-state index >= 15 is 0 Å². The van der Waals surface area contributed by atoms with Gasteiger partial charge in [0, 0.05) is 34.0 Å². The Hall–Kier alpha value is -6.58. The third-order valence-corrected chi connectivity index (χ3v) is 11.0. The summed E-state index contributed by atoms with van der Waals surface area (Å²) < 4.78 is 2.51. The molecule has 0 fully saturated rings. The molecule has 51 heavy (non-hydrogen) atoms. The first kappa shape index (κ1) is 28.3. The minimum atomic E-state index is -0.513. The fraction of sp³-hybridized carbons (Fsp3) is 0.0417. The second kappa shape index (κ2) is 10.7. The van der Waals surface area contributed by atoms with E-state index in [9.17, 15) is 0 Å². The van der Waals surface area contributed by atoms with Crippen LogP contribution >= 0.6 is 0 Å². The third-order valence-electron chi connectivity index (χ3n) is 11.0. The fourth-order valence-corrected chi connectivity index (χ4v) is 9.11. The average molecular weight is 650 g/mol. The molecule has 0 N–H and O–H groups in total. The van der Waals surface area contributed by atoms with Gasteiger partial charge >= 0.3 is 0 Å². The van der Waals surface area contributed by atoms with Crippen molar-refractivity contribution in [3.63, 3.8) is 0 Å². The van der Waals surface area contributed by atoms with Gasteiger partial charge in [0.05, 0.1) is 27.8 Å². The first-order chi connectivity index (χ1) is 25.3. The van der Waals surface area contributed by atoms with E-state index in [-0.39, 0.29) is 0 Å². The molecule has 2 aliphatic rings. The van der Waals surface area contributed by atoms with E-state index in [1.165, 1.54) is 66.4 Å². The van der Waals surface area contributed by atoms with E-state index in [2.05, 4.69) is 174 Å². The van der Waals surface area contributed by atoms with Crippen LogP contribution in [0.25, 0.3) is 61.3 Å². The van der Waals surface area contributed by atoms with Gasteiger partial charge in [-0.25, -0.2) is 9.97 Å². The molecule has 0 saturated carbocycles. The molecule has 1 aliphatic carbocycles. The molecule has 7 aromatic carbocycles. The minimum absolute atomic E-state index is 0.513. The number of benzene rings is 7. The highest BCUT2D eigenvalue weighted by atomic mass is 15.0. The molecule has 3 heteroatoms. The molecule has 1 aliphatic heterocycles. The normalized spacial score (nSPS) is 15.2. The molecule has 1 atom stereocenters. The first-order valence-electron chi connectivity index (χ1n) is 17.6. The van der Waals surface area contributed by atoms with Crippen molar-refractivity contribution in [2.24, 2.45) is 0 Å². The summed E-state index contributed by atoms with van der Waals surface area (Å²) in [7, 11) is 0. The number of aromatic nitrogens is 3. The van der Waals surface area contributed by atoms with Gasteiger partial charge in [0.2, 0.25) is 0 Å². The molecule has 1 unspecified atom stereocenters. The van der Waals surface area contributed by atoms with Crippen molar-refractivity contribution in [3.8, 4) is 39.5 Å². The highest BCUT2D eigenvalue weighted by molar-refractivity contribution is 6.12. The number of hydrogen-bond donors (Lipinski definition) is 0. The van der Waals surface area contributed by atoms with Crippen molar-refractivity contribution in [1.82, 2.24) is 14.5 Å². The van der Waals surface area contributed by atoms with Crippen molar-refractivity contribution < 1.29 is 0 Å². The zero-order valence-corrected chi connectivity index (χ0v) is 27.8. The van der Waals surface area contributed by atoms with E-state index < -0.39 is 5.41 Å². The van der Waals surface area contributed by atoms with Gasteiger partial charge in [-0.05, 0) is 57.1 Å². The summed E-state index contributed by atoms with van der Waals surface area (Å²) in [5.41, 5.74) is 16.5. The lowest BCUT2D eigenvalue weighted by Crippen LogP contribution is -2.34. The molecule has 0 bridgehead atoms. The fourth-order valence-electron chi connectivity index (χ4n) is 9.11. The Morgan fingerprint density at radius 3 is 2.00 bits per heavy atom. The molecule has 3 nitrogen and oxygen atoms in total. The molecule has 0 saturated heterocycles. The van der Waals surface area contributed by atoms with E-state index in [1.807, 2.05) is 6.07 Å². The quantitative estimate of drug-likeness (QED) is 0.190. The van der Waals surface area contributed by atoms with Gasteiger partial charge in [0.25, 0.3) is 0 Å². The van der Waals surface area contributed by atoms with E-state index in [0.29, 0.717) is 6.42 Å². The van der Waals surface area contributed by atoms with E-state index in [1.54, 1.807) is 0 Å². The molecule has 9 aromatic rings. The Morgan fingerprint density at radius 2 is 1.14 bits per heavy atom. The summed E-state index contributed by atoms with van der Waals surface area (Å²) in [6, 6.07) is 63.8. The summed E-state index contributed by atoms with van der Waals surface area (Å²) in [6.07, 6.45) is 0.669. The van der Waals surface area contributed by atoms with Crippen molar-refractivity contribution in [2.45, 2.75) is 11.8 Å². The molecular weight excluding hydrogens is 619 g/mol. The smallest absolute Gasteiger partial charge is 0.160 e. The standard InChI is InChI=1S/C48H31N3/c1-3-15-31(16-4-1)42-30-34(49-47(50-42)32-17-5-2-6-18-32)29-33-19-13-22-37-35-20-7-9-24-39(35)48(45(33)37)40-25-10-12-28-44(40)51-43-27-11-8-21-36(43)38-23-14-26-41(48)46(38)51/h1-28,30H,29H2. The van der Waals surface area contributed by atoms with Crippen LogP contribution in [0.3, 0.4) is 0 Å². The maximum atomic E-state index is 5.27. The van der Waals surface area contributed by atoms with Crippen LogP contribution in [0.1, 0.15) is 33.5 Å². The lowest BCUT2D eigenvalue weighted by atomic mass is 9.64. The molecule has 11 rings (SSSR count). The first-order valence-corrected chi connectivity index (χ1v) is 17.6. The van der Waals surface area contributed by atoms with Gasteiger partial charge in [-0.15, -0.1) is 0 Å². The van der Waals surface area contributed by atoms with E-state index in [4.69, 9.17) is 9.97 Å². The van der Waals surface area contributed by atoms with Gasteiger partial charge in [-0.1, -0.05) is 158 Å². The second-order valence-electron chi connectivity index (χ2n) is 13.7. The molecule has 2 aromatic heterocycles. The van der Waals surface area contributed by atoms with Gasteiger partial charge in [0.15, 0.2) is 5.82 Å².